The zero-order valence-corrected chi connectivity index (χ0v) is 16.6. The number of benzene rings is 1. The van der Waals surface area contributed by atoms with Crippen LogP contribution in [0.3, 0.4) is 0 Å². The van der Waals surface area contributed by atoms with Gasteiger partial charge in [-0.15, -0.1) is 22.7 Å². The molecular formula is C19H16ClN3O2S2. The second-order valence-electron chi connectivity index (χ2n) is 6.28. The summed E-state index contributed by atoms with van der Waals surface area (Å²) in [5, 5.41) is 8.18. The summed E-state index contributed by atoms with van der Waals surface area (Å²) in [7, 11) is 0. The summed E-state index contributed by atoms with van der Waals surface area (Å²) in [4.78, 5) is 29.9. The van der Waals surface area contributed by atoms with Gasteiger partial charge in [-0.05, 0) is 36.6 Å². The van der Waals surface area contributed by atoms with Gasteiger partial charge in [0.05, 0.1) is 14.9 Å². The van der Waals surface area contributed by atoms with E-state index in [1.54, 1.807) is 0 Å². The molecule has 5 nitrogen and oxygen atoms in total. The molecule has 3 aromatic rings. The predicted octanol–water partition coefficient (Wildman–Crippen LogP) is 5.05. The summed E-state index contributed by atoms with van der Waals surface area (Å²) in [5.41, 5.74) is 2.78. The third kappa shape index (κ3) is 4.21. The van der Waals surface area contributed by atoms with E-state index < -0.39 is 0 Å². The molecule has 1 unspecified atom stereocenters. The third-order valence-corrected chi connectivity index (χ3v) is 6.42. The number of thiophene rings is 1. The molecule has 4 rings (SSSR count). The van der Waals surface area contributed by atoms with E-state index in [4.69, 9.17) is 11.6 Å². The molecule has 27 heavy (non-hydrogen) atoms. The molecule has 3 heterocycles. The number of anilines is 2. The maximum atomic E-state index is 12.3. The molecular weight excluding hydrogens is 402 g/mol. The number of halogens is 1. The number of carbonyl (C=O) groups is 2. The van der Waals surface area contributed by atoms with Crippen molar-refractivity contribution in [1.29, 1.82) is 0 Å². The molecule has 0 spiro atoms. The fraction of sp³-hybridized carbons (Fsp3) is 0.211. The van der Waals surface area contributed by atoms with Gasteiger partial charge in [0.25, 0.3) is 0 Å². The van der Waals surface area contributed by atoms with Gasteiger partial charge in [-0.25, -0.2) is 4.98 Å². The number of hydrogen-bond donors (Lipinski definition) is 2. The van der Waals surface area contributed by atoms with Gasteiger partial charge in [0, 0.05) is 23.4 Å². The van der Waals surface area contributed by atoms with Crippen LogP contribution in [0.1, 0.15) is 18.4 Å². The minimum atomic E-state index is -0.189. The van der Waals surface area contributed by atoms with Crippen LogP contribution in [0.4, 0.5) is 10.8 Å². The molecule has 1 atom stereocenters. The van der Waals surface area contributed by atoms with Gasteiger partial charge in [0.2, 0.25) is 11.8 Å². The van der Waals surface area contributed by atoms with Crippen LogP contribution in [0.25, 0.3) is 10.6 Å². The maximum absolute atomic E-state index is 12.3. The van der Waals surface area contributed by atoms with Crippen LogP contribution in [0, 0.1) is 5.92 Å². The standard InChI is InChI=1S/C19H16ClN3O2S2/c20-16-7-6-15(27-16)14-10-26-19(22-14)23-17(24)8-5-12-9-11-3-1-2-4-13(11)21-18(12)25/h1-4,6-7,10,12H,5,8-9H2,(H,21,25)(H,22,23,24). The molecule has 0 bridgehead atoms. The van der Waals surface area contributed by atoms with Crippen molar-refractivity contribution >= 4 is 56.9 Å². The van der Waals surface area contributed by atoms with Crippen LogP contribution in [-0.2, 0) is 16.0 Å². The molecule has 2 amide bonds. The van der Waals surface area contributed by atoms with Crippen molar-refractivity contribution in [3.8, 4) is 10.6 Å². The van der Waals surface area contributed by atoms with Gasteiger partial charge in [-0.2, -0.15) is 0 Å². The Hall–Kier alpha value is -2.22. The minimum absolute atomic E-state index is 0.0207. The van der Waals surface area contributed by atoms with Crippen molar-refractivity contribution in [3.05, 3.63) is 51.7 Å². The second-order valence-corrected chi connectivity index (χ2v) is 8.85. The third-order valence-electron chi connectivity index (χ3n) is 4.41. The molecule has 0 radical (unpaired) electrons. The molecule has 1 aliphatic heterocycles. The summed E-state index contributed by atoms with van der Waals surface area (Å²) < 4.78 is 0.705. The number of rotatable bonds is 5. The van der Waals surface area contributed by atoms with Gasteiger partial charge in [0.15, 0.2) is 5.13 Å². The summed E-state index contributed by atoms with van der Waals surface area (Å²) in [6.45, 7) is 0. The number of nitrogens with zero attached hydrogens (tertiary/aromatic N) is 1. The lowest BCUT2D eigenvalue weighted by atomic mass is 9.89. The topological polar surface area (TPSA) is 71.1 Å². The van der Waals surface area contributed by atoms with Gasteiger partial charge in [-0.1, -0.05) is 29.8 Å². The normalized spacial score (nSPS) is 15.9. The molecule has 2 aromatic heterocycles. The van der Waals surface area contributed by atoms with Gasteiger partial charge < -0.3 is 10.6 Å². The number of nitrogens with one attached hydrogen (secondary N) is 2. The van der Waals surface area contributed by atoms with Crippen LogP contribution in [0.5, 0.6) is 0 Å². The highest BCUT2D eigenvalue weighted by molar-refractivity contribution is 7.20. The van der Waals surface area contributed by atoms with Crippen LogP contribution in [-0.4, -0.2) is 16.8 Å². The number of para-hydroxylation sites is 1. The summed E-state index contributed by atoms with van der Waals surface area (Å²) in [6.07, 6.45) is 1.45. The van der Waals surface area contributed by atoms with Crippen molar-refractivity contribution < 1.29 is 9.59 Å². The van der Waals surface area contributed by atoms with Crippen LogP contribution >= 0.6 is 34.3 Å². The zero-order chi connectivity index (χ0) is 18.8. The lowest BCUT2D eigenvalue weighted by Gasteiger charge is -2.24. The van der Waals surface area contributed by atoms with Gasteiger partial charge in [-0.3, -0.25) is 9.59 Å². The molecule has 8 heteroatoms. The SMILES string of the molecule is O=C(CCC1Cc2ccccc2NC1=O)Nc1nc(-c2ccc(Cl)s2)cs1. The summed E-state index contributed by atoms with van der Waals surface area (Å²) in [5.74, 6) is -0.342. The van der Waals surface area contributed by atoms with E-state index >= 15 is 0 Å². The van der Waals surface area contributed by atoms with E-state index in [0.29, 0.717) is 22.3 Å². The first kappa shape index (κ1) is 18.2. The van der Waals surface area contributed by atoms with Crippen LogP contribution in [0.15, 0.2) is 41.8 Å². The van der Waals surface area contributed by atoms with E-state index in [-0.39, 0.29) is 24.2 Å². The smallest absolute Gasteiger partial charge is 0.227 e. The lowest BCUT2D eigenvalue weighted by molar-refractivity contribution is -0.121. The summed E-state index contributed by atoms with van der Waals surface area (Å²) >= 11 is 8.78. The van der Waals surface area contributed by atoms with Crippen molar-refractivity contribution in [1.82, 2.24) is 4.98 Å². The Morgan fingerprint density at radius 2 is 2.15 bits per heavy atom. The Morgan fingerprint density at radius 3 is 2.96 bits per heavy atom. The Kier molecular flexibility index (Phi) is 5.24. The van der Waals surface area contributed by atoms with Crippen molar-refractivity contribution in [3.63, 3.8) is 0 Å². The molecule has 138 valence electrons. The minimum Gasteiger partial charge on any atom is -0.326 e. The average molecular weight is 418 g/mol. The van der Waals surface area contributed by atoms with E-state index in [2.05, 4.69) is 15.6 Å². The number of thiazole rings is 1. The highest BCUT2D eigenvalue weighted by Crippen LogP contribution is 2.33. The Labute approximate surface area is 169 Å². The Morgan fingerprint density at radius 1 is 1.30 bits per heavy atom. The molecule has 0 aliphatic carbocycles. The number of amides is 2. The number of hydrogen-bond acceptors (Lipinski definition) is 5. The van der Waals surface area contributed by atoms with Gasteiger partial charge >= 0.3 is 0 Å². The molecule has 0 fully saturated rings. The van der Waals surface area contributed by atoms with E-state index in [9.17, 15) is 9.59 Å². The lowest BCUT2D eigenvalue weighted by Crippen LogP contribution is -2.30. The second kappa shape index (κ2) is 7.80. The largest absolute Gasteiger partial charge is 0.326 e. The van der Waals surface area contributed by atoms with E-state index in [0.717, 1.165) is 21.8 Å². The fourth-order valence-electron chi connectivity index (χ4n) is 3.03. The monoisotopic (exact) mass is 417 g/mol. The molecule has 0 saturated carbocycles. The van der Waals surface area contributed by atoms with Crippen LogP contribution in [0.2, 0.25) is 4.34 Å². The van der Waals surface area contributed by atoms with Gasteiger partial charge in [0.1, 0.15) is 0 Å². The molecule has 2 N–H and O–H groups in total. The first-order valence-electron chi connectivity index (χ1n) is 8.48. The number of carbonyl (C=O) groups excluding carboxylic acids is 2. The zero-order valence-electron chi connectivity index (χ0n) is 14.2. The maximum Gasteiger partial charge on any atom is 0.227 e. The van der Waals surface area contributed by atoms with E-state index in [1.165, 1.54) is 22.7 Å². The predicted molar refractivity (Wildman–Crippen MR) is 111 cm³/mol. The molecule has 1 aromatic carbocycles. The van der Waals surface area contributed by atoms with Crippen molar-refractivity contribution in [2.45, 2.75) is 19.3 Å². The molecule has 0 saturated heterocycles. The van der Waals surface area contributed by atoms with Crippen molar-refractivity contribution in [2.75, 3.05) is 10.6 Å². The first-order valence-corrected chi connectivity index (χ1v) is 10.6. The average Bonchev–Trinajstić information content (AvgIpc) is 3.29. The Bertz CT molecular complexity index is 998. The fourth-order valence-corrected chi connectivity index (χ4v) is 4.83. The van der Waals surface area contributed by atoms with Crippen LogP contribution < -0.4 is 10.6 Å². The quantitative estimate of drug-likeness (QED) is 0.609. The summed E-state index contributed by atoms with van der Waals surface area (Å²) in [6, 6.07) is 11.5. The highest BCUT2D eigenvalue weighted by atomic mass is 35.5. The van der Waals surface area contributed by atoms with Crippen molar-refractivity contribution in [2.24, 2.45) is 5.92 Å². The number of fused-ring (bicyclic) bond motifs is 1. The Balaban J connectivity index is 1.33. The highest BCUT2D eigenvalue weighted by Gasteiger charge is 2.26. The van der Waals surface area contributed by atoms with E-state index in [1.807, 2.05) is 41.8 Å². The molecule has 1 aliphatic rings. The first-order chi connectivity index (χ1) is 13.1. The number of aromatic nitrogens is 1.